The van der Waals surface area contributed by atoms with Crippen LogP contribution in [0.25, 0.3) is 5.69 Å². The summed E-state index contributed by atoms with van der Waals surface area (Å²) in [4.78, 5) is 15.1. The minimum absolute atomic E-state index is 0.0745. The van der Waals surface area contributed by atoms with Crippen molar-refractivity contribution in [3.8, 4) is 5.69 Å². The predicted molar refractivity (Wildman–Crippen MR) is 100 cm³/mol. The number of aryl methyl sites for hydroxylation is 1. The Hall–Kier alpha value is -2.14. The first-order valence-corrected chi connectivity index (χ1v) is 9.08. The van der Waals surface area contributed by atoms with Crippen LogP contribution in [0.2, 0.25) is 0 Å². The number of carbonyl (C=O) groups excluding carboxylic acids is 1. The number of rotatable bonds is 4. The van der Waals surface area contributed by atoms with Gasteiger partial charge in [-0.2, -0.15) is 5.10 Å². The maximum atomic E-state index is 13.2. The van der Waals surface area contributed by atoms with Crippen LogP contribution in [0.5, 0.6) is 0 Å². The fourth-order valence-electron chi connectivity index (χ4n) is 3.72. The maximum Gasteiger partial charge on any atom is 0.257 e. The molecule has 25 heavy (non-hydrogen) atoms. The lowest BCUT2D eigenvalue weighted by Gasteiger charge is -2.22. The highest BCUT2D eigenvalue weighted by Crippen LogP contribution is 2.28. The van der Waals surface area contributed by atoms with E-state index in [0.717, 1.165) is 24.3 Å². The Labute approximate surface area is 149 Å². The van der Waals surface area contributed by atoms with Crippen LogP contribution in [-0.4, -0.2) is 39.7 Å². The highest BCUT2D eigenvalue weighted by Gasteiger charge is 2.34. The van der Waals surface area contributed by atoms with Gasteiger partial charge in [0, 0.05) is 12.6 Å². The highest BCUT2D eigenvalue weighted by molar-refractivity contribution is 5.96. The molecule has 0 radical (unpaired) electrons. The molecule has 2 unspecified atom stereocenters. The Morgan fingerprint density at radius 1 is 1.32 bits per heavy atom. The maximum absolute atomic E-state index is 13.2. The Bertz CT molecular complexity index is 748. The van der Waals surface area contributed by atoms with Crippen LogP contribution in [0, 0.1) is 12.8 Å². The van der Waals surface area contributed by atoms with Crippen molar-refractivity contribution in [3.05, 3.63) is 47.3 Å². The molecular weight excluding hydrogens is 312 g/mol. The summed E-state index contributed by atoms with van der Waals surface area (Å²) in [5.41, 5.74) is 9.69. The van der Waals surface area contributed by atoms with Gasteiger partial charge >= 0.3 is 0 Å². The lowest BCUT2D eigenvalue weighted by molar-refractivity contribution is 0.0742. The van der Waals surface area contributed by atoms with Gasteiger partial charge in [0.1, 0.15) is 0 Å². The lowest BCUT2D eigenvalue weighted by atomic mass is 10.0. The number of aromatic nitrogens is 2. The number of carbonyl (C=O) groups is 1. The van der Waals surface area contributed by atoms with Gasteiger partial charge in [0.25, 0.3) is 5.91 Å². The molecule has 1 aromatic heterocycles. The van der Waals surface area contributed by atoms with Gasteiger partial charge < -0.3 is 10.6 Å². The molecule has 1 amide bonds. The van der Waals surface area contributed by atoms with Gasteiger partial charge in [-0.15, -0.1) is 0 Å². The van der Waals surface area contributed by atoms with E-state index in [9.17, 15) is 4.79 Å². The first-order valence-electron chi connectivity index (χ1n) is 9.08. The first-order chi connectivity index (χ1) is 11.9. The number of hydrogen-bond acceptors (Lipinski definition) is 3. The zero-order chi connectivity index (χ0) is 18.1. The molecule has 5 nitrogen and oxygen atoms in total. The summed E-state index contributed by atoms with van der Waals surface area (Å²) in [6, 6.07) is 8.45. The van der Waals surface area contributed by atoms with Crippen LogP contribution >= 0.6 is 0 Å². The van der Waals surface area contributed by atoms with Crippen LogP contribution < -0.4 is 5.73 Å². The predicted octanol–water partition coefficient (Wildman–Crippen LogP) is 3.11. The molecule has 0 spiro atoms. The largest absolute Gasteiger partial charge is 0.335 e. The van der Waals surface area contributed by atoms with Crippen molar-refractivity contribution in [2.45, 2.75) is 46.1 Å². The summed E-state index contributed by atoms with van der Waals surface area (Å²) in [6.45, 7) is 9.75. The minimum Gasteiger partial charge on any atom is -0.335 e. The molecule has 134 valence electrons. The molecule has 1 aliphatic heterocycles. The monoisotopic (exact) mass is 340 g/mol. The van der Waals surface area contributed by atoms with E-state index in [0.29, 0.717) is 18.0 Å². The lowest BCUT2D eigenvalue weighted by Crippen LogP contribution is -2.35. The Kier molecular flexibility index (Phi) is 4.95. The Morgan fingerprint density at radius 3 is 2.56 bits per heavy atom. The van der Waals surface area contributed by atoms with Crippen molar-refractivity contribution in [1.29, 1.82) is 0 Å². The fraction of sp³-hybridized carbons (Fsp3) is 0.500. The van der Waals surface area contributed by atoms with Crippen LogP contribution in [0.4, 0.5) is 0 Å². The third-order valence-corrected chi connectivity index (χ3v) is 5.12. The second-order valence-electron chi connectivity index (χ2n) is 7.49. The van der Waals surface area contributed by atoms with Crippen molar-refractivity contribution < 1.29 is 4.79 Å². The molecule has 1 saturated heterocycles. The third-order valence-electron chi connectivity index (χ3n) is 5.12. The molecule has 0 aliphatic carbocycles. The number of nitrogens with zero attached hydrogens (tertiary/aromatic N) is 3. The van der Waals surface area contributed by atoms with Crippen LogP contribution in [0.3, 0.4) is 0 Å². The molecule has 2 heterocycles. The number of amides is 1. The number of benzene rings is 1. The summed E-state index contributed by atoms with van der Waals surface area (Å²) in [5, 5.41) is 4.54. The molecule has 1 fully saturated rings. The summed E-state index contributed by atoms with van der Waals surface area (Å²) >= 11 is 0. The Balaban J connectivity index is 1.97. The average Bonchev–Trinajstić information content (AvgIpc) is 3.18. The molecular formula is C20H28N4O. The number of likely N-dealkylation sites (tertiary alicyclic amines) is 1. The fourth-order valence-corrected chi connectivity index (χ4v) is 3.72. The average molecular weight is 340 g/mol. The van der Waals surface area contributed by atoms with Crippen molar-refractivity contribution in [2.75, 3.05) is 13.1 Å². The van der Waals surface area contributed by atoms with Crippen molar-refractivity contribution in [1.82, 2.24) is 14.7 Å². The zero-order valence-corrected chi connectivity index (χ0v) is 15.6. The molecule has 3 rings (SSSR count). The van der Waals surface area contributed by atoms with Crippen LogP contribution in [-0.2, 0) is 0 Å². The van der Waals surface area contributed by atoms with Crippen molar-refractivity contribution in [2.24, 2.45) is 11.7 Å². The van der Waals surface area contributed by atoms with Crippen molar-refractivity contribution >= 4 is 5.91 Å². The topological polar surface area (TPSA) is 64.2 Å². The SMILES string of the molecule is Cc1ccc(-n2ncc(C(=O)N3CC(CN)CC3C)c2C(C)C)cc1. The molecule has 2 atom stereocenters. The van der Waals surface area contributed by atoms with E-state index >= 15 is 0 Å². The molecule has 0 saturated carbocycles. The summed E-state index contributed by atoms with van der Waals surface area (Å²) < 4.78 is 1.90. The summed E-state index contributed by atoms with van der Waals surface area (Å²) in [5.74, 6) is 0.671. The molecule has 1 aromatic carbocycles. The van der Waals surface area contributed by atoms with Crippen molar-refractivity contribution in [3.63, 3.8) is 0 Å². The van der Waals surface area contributed by atoms with E-state index in [1.165, 1.54) is 5.56 Å². The zero-order valence-electron chi connectivity index (χ0n) is 15.6. The standard InChI is InChI=1S/C20H28N4O/c1-13(2)19-18(20(25)23-12-16(10-21)9-15(23)4)11-22-24(19)17-7-5-14(3)6-8-17/h5-8,11,13,15-16H,9-10,12,21H2,1-4H3. The van der Waals surface area contributed by atoms with Crippen LogP contribution in [0.15, 0.2) is 30.5 Å². The molecule has 1 aliphatic rings. The smallest absolute Gasteiger partial charge is 0.257 e. The second-order valence-corrected chi connectivity index (χ2v) is 7.49. The van der Waals surface area contributed by atoms with E-state index in [2.05, 4.69) is 44.9 Å². The third kappa shape index (κ3) is 3.33. The van der Waals surface area contributed by atoms with Gasteiger partial charge in [0.15, 0.2) is 0 Å². The van der Waals surface area contributed by atoms with E-state index in [1.54, 1.807) is 6.20 Å². The van der Waals surface area contributed by atoms with E-state index < -0.39 is 0 Å². The van der Waals surface area contributed by atoms with E-state index in [-0.39, 0.29) is 17.9 Å². The molecule has 2 aromatic rings. The van der Waals surface area contributed by atoms with Gasteiger partial charge in [-0.1, -0.05) is 31.5 Å². The van der Waals surface area contributed by atoms with Crippen LogP contribution in [0.1, 0.15) is 54.7 Å². The van der Waals surface area contributed by atoms with Gasteiger partial charge in [-0.3, -0.25) is 4.79 Å². The van der Waals surface area contributed by atoms with Gasteiger partial charge in [-0.05, 0) is 50.8 Å². The molecule has 2 N–H and O–H groups in total. The summed E-state index contributed by atoms with van der Waals surface area (Å²) in [7, 11) is 0. The normalized spacial score (nSPS) is 20.5. The van der Waals surface area contributed by atoms with Gasteiger partial charge in [-0.25, -0.2) is 4.68 Å². The molecule has 5 heteroatoms. The molecule has 0 bridgehead atoms. The summed E-state index contributed by atoms with van der Waals surface area (Å²) in [6.07, 6.45) is 2.70. The van der Waals surface area contributed by atoms with E-state index in [1.807, 2.05) is 21.7 Å². The Morgan fingerprint density at radius 2 is 2.00 bits per heavy atom. The first kappa shape index (κ1) is 17.7. The number of hydrogen-bond donors (Lipinski definition) is 1. The minimum atomic E-state index is 0.0745. The van der Waals surface area contributed by atoms with Gasteiger partial charge in [0.2, 0.25) is 0 Å². The second kappa shape index (κ2) is 7.00. The van der Waals surface area contributed by atoms with E-state index in [4.69, 9.17) is 5.73 Å². The number of nitrogens with two attached hydrogens (primary N) is 1. The van der Waals surface area contributed by atoms with Gasteiger partial charge in [0.05, 0.1) is 23.1 Å². The quantitative estimate of drug-likeness (QED) is 0.930. The highest BCUT2D eigenvalue weighted by atomic mass is 16.2.